The van der Waals surface area contributed by atoms with Gasteiger partial charge < -0.3 is 0 Å². The molecule has 2 unspecified atom stereocenters. The van der Waals surface area contributed by atoms with E-state index in [0.717, 1.165) is 16.5 Å². The summed E-state index contributed by atoms with van der Waals surface area (Å²) in [6.07, 6.45) is 3.43. The fourth-order valence-electron chi connectivity index (χ4n) is 3.68. The van der Waals surface area contributed by atoms with Crippen molar-refractivity contribution in [2.45, 2.75) is 18.3 Å². The van der Waals surface area contributed by atoms with Gasteiger partial charge in [0.25, 0.3) is 0 Å². The number of allylic oxidation sites excluding steroid dienone is 2. The van der Waals surface area contributed by atoms with Crippen molar-refractivity contribution >= 4 is 28.8 Å². The number of rotatable bonds is 3. The minimum Gasteiger partial charge on any atom is -0.0843 e. The zero-order chi connectivity index (χ0) is 17.2. The standard InChI is InChI=1S/C23H18Cl2/c24-20-10-6-16(7-11-20)19-14-22(17-4-2-1-3-5-17)23(15-19)18-8-12-21(25)13-9-18/h1-14,22-23H,15H2. The predicted molar refractivity (Wildman–Crippen MR) is 107 cm³/mol. The van der Waals surface area contributed by atoms with Gasteiger partial charge in [-0.15, -0.1) is 0 Å². The quantitative estimate of drug-likeness (QED) is 0.455. The minimum absolute atomic E-state index is 0.369. The normalized spacial score (nSPS) is 19.7. The zero-order valence-electron chi connectivity index (χ0n) is 13.7. The van der Waals surface area contributed by atoms with Crippen LogP contribution >= 0.6 is 23.2 Å². The first-order chi connectivity index (χ1) is 12.2. The van der Waals surface area contributed by atoms with Gasteiger partial charge in [0.15, 0.2) is 0 Å². The Bertz CT molecular complexity index is 878. The van der Waals surface area contributed by atoms with Crippen LogP contribution in [0.1, 0.15) is 34.9 Å². The van der Waals surface area contributed by atoms with Gasteiger partial charge in [0.1, 0.15) is 0 Å². The molecule has 2 heteroatoms. The predicted octanol–water partition coefficient (Wildman–Crippen LogP) is 7.35. The van der Waals surface area contributed by atoms with Crippen molar-refractivity contribution in [3.8, 4) is 0 Å². The molecule has 3 aromatic carbocycles. The maximum atomic E-state index is 6.09. The van der Waals surface area contributed by atoms with Gasteiger partial charge in [-0.1, -0.05) is 83.9 Å². The van der Waals surface area contributed by atoms with Crippen molar-refractivity contribution in [2.24, 2.45) is 0 Å². The van der Waals surface area contributed by atoms with Crippen LogP contribution < -0.4 is 0 Å². The third-order valence-electron chi connectivity index (χ3n) is 4.95. The SMILES string of the molecule is Clc1ccc(C2=CC(c3ccccc3)C(c3ccc(Cl)cc3)C2)cc1. The van der Waals surface area contributed by atoms with Crippen LogP contribution in [0.3, 0.4) is 0 Å². The lowest BCUT2D eigenvalue weighted by Gasteiger charge is -2.20. The van der Waals surface area contributed by atoms with E-state index in [1.807, 2.05) is 24.3 Å². The summed E-state index contributed by atoms with van der Waals surface area (Å²) in [4.78, 5) is 0. The molecular weight excluding hydrogens is 347 g/mol. The first kappa shape index (κ1) is 16.4. The van der Waals surface area contributed by atoms with E-state index in [1.54, 1.807) is 0 Å². The van der Waals surface area contributed by atoms with E-state index < -0.39 is 0 Å². The fraction of sp³-hybridized carbons (Fsp3) is 0.130. The van der Waals surface area contributed by atoms with Gasteiger partial charge in [-0.3, -0.25) is 0 Å². The number of hydrogen-bond donors (Lipinski definition) is 0. The lowest BCUT2D eigenvalue weighted by molar-refractivity contribution is 0.668. The van der Waals surface area contributed by atoms with Gasteiger partial charge in [-0.25, -0.2) is 0 Å². The number of benzene rings is 3. The van der Waals surface area contributed by atoms with E-state index in [2.05, 4.69) is 60.7 Å². The zero-order valence-corrected chi connectivity index (χ0v) is 15.2. The van der Waals surface area contributed by atoms with Crippen molar-refractivity contribution in [2.75, 3.05) is 0 Å². The monoisotopic (exact) mass is 364 g/mol. The maximum Gasteiger partial charge on any atom is 0.0406 e. The van der Waals surface area contributed by atoms with Crippen molar-refractivity contribution in [3.05, 3.63) is 112 Å². The Kier molecular flexibility index (Phi) is 4.65. The van der Waals surface area contributed by atoms with E-state index in [4.69, 9.17) is 23.2 Å². The van der Waals surface area contributed by atoms with E-state index in [9.17, 15) is 0 Å². The van der Waals surface area contributed by atoms with Gasteiger partial charge in [-0.2, -0.15) is 0 Å². The summed E-state index contributed by atoms with van der Waals surface area (Å²) in [6, 6.07) is 27.2. The molecule has 0 heterocycles. The second-order valence-electron chi connectivity index (χ2n) is 6.50. The molecular formula is C23H18Cl2. The maximum absolute atomic E-state index is 6.09. The molecule has 0 nitrogen and oxygen atoms in total. The molecule has 0 fully saturated rings. The Labute approximate surface area is 158 Å². The molecule has 0 amide bonds. The molecule has 1 aliphatic carbocycles. The van der Waals surface area contributed by atoms with Crippen molar-refractivity contribution in [1.29, 1.82) is 0 Å². The average molecular weight is 365 g/mol. The third kappa shape index (κ3) is 3.51. The Morgan fingerprint density at radius 2 is 1.24 bits per heavy atom. The molecule has 0 spiro atoms. The summed E-state index contributed by atoms with van der Waals surface area (Å²) in [6.45, 7) is 0. The molecule has 0 bridgehead atoms. The molecule has 0 aliphatic heterocycles. The highest BCUT2D eigenvalue weighted by atomic mass is 35.5. The molecule has 0 aromatic heterocycles. The molecule has 3 aromatic rings. The molecule has 0 saturated carbocycles. The van der Waals surface area contributed by atoms with Crippen LogP contribution in [0, 0.1) is 0 Å². The Morgan fingerprint density at radius 1 is 0.640 bits per heavy atom. The highest BCUT2D eigenvalue weighted by Crippen LogP contribution is 2.47. The molecule has 25 heavy (non-hydrogen) atoms. The molecule has 124 valence electrons. The van der Waals surface area contributed by atoms with Gasteiger partial charge >= 0.3 is 0 Å². The van der Waals surface area contributed by atoms with Gasteiger partial charge in [0.2, 0.25) is 0 Å². The number of halogens is 2. The summed E-state index contributed by atoms with van der Waals surface area (Å²) in [7, 11) is 0. The second kappa shape index (κ2) is 7.07. The third-order valence-corrected chi connectivity index (χ3v) is 5.46. The smallest absolute Gasteiger partial charge is 0.0406 e. The molecule has 0 N–H and O–H groups in total. The summed E-state index contributed by atoms with van der Waals surface area (Å²) in [5.74, 6) is 0.790. The van der Waals surface area contributed by atoms with Crippen molar-refractivity contribution in [3.63, 3.8) is 0 Å². The molecule has 1 aliphatic rings. The van der Waals surface area contributed by atoms with Crippen molar-refractivity contribution < 1.29 is 0 Å². The summed E-state index contributed by atoms with van der Waals surface area (Å²) >= 11 is 12.1. The summed E-state index contributed by atoms with van der Waals surface area (Å²) in [5, 5.41) is 1.56. The molecule has 4 rings (SSSR count). The lowest BCUT2D eigenvalue weighted by Crippen LogP contribution is -2.05. The summed E-state index contributed by atoms with van der Waals surface area (Å²) in [5.41, 5.74) is 5.32. The van der Waals surface area contributed by atoms with Gasteiger partial charge in [0, 0.05) is 16.0 Å². The Morgan fingerprint density at radius 3 is 1.88 bits per heavy atom. The summed E-state index contributed by atoms with van der Waals surface area (Å²) < 4.78 is 0. The number of hydrogen-bond acceptors (Lipinski definition) is 0. The highest BCUT2D eigenvalue weighted by Gasteiger charge is 2.30. The lowest BCUT2D eigenvalue weighted by atomic mass is 9.83. The first-order valence-corrected chi connectivity index (χ1v) is 9.23. The van der Waals surface area contributed by atoms with E-state index in [-0.39, 0.29) is 0 Å². The van der Waals surface area contributed by atoms with E-state index in [1.165, 1.54) is 22.3 Å². The van der Waals surface area contributed by atoms with Crippen LogP contribution in [-0.4, -0.2) is 0 Å². The highest BCUT2D eigenvalue weighted by molar-refractivity contribution is 6.30. The van der Waals surface area contributed by atoms with Crippen molar-refractivity contribution in [1.82, 2.24) is 0 Å². The van der Waals surface area contributed by atoms with E-state index >= 15 is 0 Å². The first-order valence-electron chi connectivity index (χ1n) is 8.48. The largest absolute Gasteiger partial charge is 0.0843 e. The topological polar surface area (TPSA) is 0 Å². The minimum atomic E-state index is 0.369. The second-order valence-corrected chi connectivity index (χ2v) is 7.37. The molecule has 0 saturated heterocycles. The Balaban J connectivity index is 1.73. The van der Waals surface area contributed by atoms with E-state index in [0.29, 0.717) is 11.8 Å². The molecule has 0 radical (unpaired) electrons. The van der Waals surface area contributed by atoms with Crippen LogP contribution in [0.2, 0.25) is 10.0 Å². The van der Waals surface area contributed by atoms with Crippen LogP contribution in [0.15, 0.2) is 84.9 Å². The van der Waals surface area contributed by atoms with Crippen LogP contribution in [0.4, 0.5) is 0 Å². The van der Waals surface area contributed by atoms with Gasteiger partial charge in [-0.05, 0) is 58.9 Å². The average Bonchev–Trinajstić information content (AvgIpc) is 3.09. The van der Waals surface area contributed by atoms with Crippen LogP contribution in [0.25, 0.3) is 5.57 Å². The van der Waals surface area contributed by atoms with Gasteiger partial charge in [0.05, 0.1) is 0 Å². The molecule has 2 atom stereocenters. The van der Waals surface area contributed by atoms with Crippen LogP contribution in [-0.2, 0) is 0 Å². The van der Waals surface area contributed by atoms with Crippen LogP contribution in [0.5, 0.6) is 0 Å². The fourth-order valence-corrected chi connectivity index (χ4v) is 3.93. The Hall–Kier alpha value is -2.02.